The number of nitrogens with one attached hydrogen (secondary N) is 1. The average Bonchev–Trinajstić information content (AvgIpc) is 3.15. The van der Waals surface area contributed by atoms with E-state index in [4.69, 9.17) is 14.8 Å². The summed E-state index contributed by atoms with van der Waals surface area (Å²) >= 11 is 0. The summed E-state index contributed by atoms with van der Waals surface area (Å²) in [5.74, 6) is -0.0818. The predicted molar refractivity (Wildman–Crippen MR) is 117 cm³/mol. The van der Waals surface area contributed by atoms with Crippen molar-refractivity contribution >= 4 is 40.1 Å². The number of carboxylic acid groups (broad SMARTS) is 1. The van der Waals surface area contributed by atoms with E-state index in [1.165, 1.54) is 0 Å². The summed E-state index contributed by atoms with van der Waals surface area (Å²) in [6, 6.07) is 12.5. The standard InChI is InChI=1S/C23H21N3O5/c1-31-17-4-2-3-14(12-17)11-15-9-10-26-22(15)25-19-13-16(5-6-18(19)23(26)30)24-20(27)7-8-21(28)29/h2-6,11-13H,7-10H2,1H3,(H,24,27)(H,28,29). The highest BCUT2D eigenvalue weighted by Gasteiger charge is 2.21. The van der Waals surface area contributed by atoms with Crippen LogP contribution in [0.4, 0.5) is 5.69 Å². The first-order chi connectivity index (χ1) is 14.9. The number of anilines is 1. The van der Waals surface area contributed by atoms with Crippen LogP contribution >= 0.6 is 0 Å². The van der Waals surface area contributed by atoms with Crippen LogP contribution in [0, 0.1) is 0 Å². The number of benzene rings is 2. The van der Waals surface area contributed by atoms with Crippen LogP contribution in [-0.4, -0.2) is 33.6 Å². The molecule has 0 spiro atoms. The minimum Gasteiger partial charge on any atom is -0.497 e. The molecule has 3 aromatic rings. The highest BCUT2D eigenvalue weighted by molar-refractivity contribution is 5.95. The number of fused-ring (bicyclic) bond motifs is 2. The molecule has 4 rings (SSSR count). The number of aliphatic carboxylic acids is 1. The van der Waals surface area contributed by atoms with Gasteiger partial charge < -0.3 is 15.2 Å². The molecule has 1 aliphatic rings. The molecule has 0 radical (unpaired) electrons. The molecular weight excluding hydrogens is 398 g/mol. The van der Waals surface area contributed by atoms with E-state index in [2.05, 4.69) is 5.32 Å². The number of allylic oxidation sites excluding steroid dienone is 1. The fourth-order valence-corrected chi connectivity index (χ4v) is 3.61. The van der Waals surface area contributed by atoms with Crippen LogP contribution in [0.15, 0.2) is 47.3 Å². The Labute approximate surface area is 177 Å². The third-order valence-corrected chi connectivity index (χ3v) is 5.13. The minimum absolute atomic E-state index is 0.124. The Morgan fingerprint density at radius 3 is 2.84 bits per heavy atom. The molecule has 2 heterocycles. The molecule has 2 N–H and O–H groups in total. The molecule has 2 aromatic carbocycles. The van der Waals surface area contributed by atoms with E-state index in [0.29, 0.717) is 35.4 Å². The van der Waals surface area contributed by atoms with E-state index in [0.717, 1.165) is 16.9 Å². The number of ether oxygens (including phenoxy) is 1. The van der Waals surface area contributed by atoms with Gasteiger partial charge in [0.05, 0.1) is 24.4 Å². The largest absolute Gasteiger partial charge is 0.497 e. The molecule has 8 heteroatoms. The average molecular weight is 419 g/mol. The third-order valence-electron chi connectivity index (χ3n) is 5.13. The van der Waals surface area contributed by atoms with Gasteiger partial charge in [-0.15, -0.1) is 0 Å². The number of rotatable bonds is 6. The molecule has 0 bridgehead atoms. The molecule has 0 saturated carbocycles. The van der Waals surface area contributed by atoms with Gasteiger partial charge in [-0.1, -0.05) is 12.1 Å². The SMILES string of the molecule is COc1cccc(C=C2CCn3c2nc2cc(NC(=O)CCC(=O)O)ccc2c3=O)c1. The highest BCUT2D eigenvalue weighted by Crippen LogP contribution is 2.29. The Hall–Kier alpha value is -3.94. The quantitative estimate of drug-likeness (QED) is 0.635. The highest BCUT2D eigenvalue weighted by atomic mass is 16.5. The molecule has 0 atom stereocenters. The number of amides is 1. The number of aromatic nitrogens is 2. The van der Waals surface area contributed by atoms with Gasteiger partial charge in [-0.05, 0) is 54.0 Å². The van der Waals surface area contributed by atoms with E-state index in [1.807, 2.05) is 30.3 Å². The lowest BCUT2D eigenvalue weighted by molar-refractivity contribution is -0.138. The first-order valence-electron chi connectivity index (χ1n) is 9.86. The molecule has 0 aliphatic carbocycles. The Morgan fingerprint density at radius 2 is 2.06 bits per heavy atom. The van der Waals surface area contributed by atoms with Crippen molar-refractivity contribution in [3.63, 3.8) is 0 Å². The number of methoxy groups -OCH3 is 1. The van der Waals surface area contributed by atoms with Crippen molar-refractivity contribution < 1.29 is 19.4 Å². The van der Waals surface area contributed by atoms with E-state index < -0.39 is 11.9 Å². The molecule has 1 amide bonds. The molecule has 8 nitrogen and oxygen atoms in total. The maximum atomic E-state index is 13.0. The van der Waals surface area contributed by atoms with E-state index in [1.54, 1.807) is 29.9 Å². The van der Waals surface area contributed by atoms with Gasteiger partial charge in [0.2, 0.25) is 5.91 Å². The van der Waals surface area contributed by atoms with Gasteiger partial charge >= 0.3 is 5.97 Å². The Morgan fingerprint density at radius 1 is 1.23 bits per heavy atom. The first-order valence-corrected chi connectivity index (χ1v) is 9.86. The monoisotopic (exact) mass is 419 g/mol. The Balaban J connectivity index is 1.68. The van der Waals surface area contributed by atoms with Crippen molar-refractivity contribution in [3.8, 4) is 5.75 Å². The first kappa shape index (κ1) is 20.3. The normalized spacial score (nSPS) is 13.9. The summed E-state index contributed by atoms with van der Waals surface area (Å²) in [5.41, 5.74) is 2.72. The molecule has 31 heavy (non-hydrogen) atoms. The summed E-state index contributed by atoms with van der Waals surface area (Å²) < 4.78 is 6.94. The third kappa shape index (κ3) is 4.32. The zero-order chi connectivity index (χ0) is 22.0. The molecule has 0 unspecified atom stereocenters. The molecule has 1 aromatic heterocycles. The van der Waals surface area contributed by atoms with Crippen molar-refractivity contribution in [1.82, 2.24) is 9.55 Å². The van der Waals surface area contributed by atoms with Crippen molar-refractivity contribution in [3.05, 3.63) is 64.2 Å². The lowest BCUT2D eigenvalue weighted by Gasteiger charge is -2.09. The number of nitrogens with zero attached hydrogens (tertiary/aromatic N) is 2. The topological polar surface area (TPSA) is 111 Å². The fourth-order valence-electron chi connectivity index (χ4n) is 3.61. The van der Waals surface area contributed by atoms with E-state index >= 15 is 0 Å². The van der Waals surface area contributed by atoms with Crippen LogP contribution in [-0.2, 0) is 16.1 Å². The Bertz CT molecular complexity index is 1280. The van der Waals surface area contributed by atoms with Crippen molar-refractivity contribution in [2.24, 2.45) is 0 Å². The van der Waals surface area contributed by atoms with Crippen LogP contribution in [0.25, 0.3) is 22.6 Å². The molecular formula is C23H21N3O5. The zero-order valence-corrected chi connectivity index (χ0v) is 16.9. The number of carbonyl (C=O) groups is 2. The number of hydrogen-bond acceptors (Lipinski definition) is 5. The summed E-state index contributed by atoms with van der Waals surface area (Å²) in [6.07, 6.45) is 2.32. The molecule has 0 saturated heterocycles. The van der Waals surface area contributed by atoms with Crippen LogP contribution < -0.4 is 15.6 Å². The fraction of sp³-hybridized carbons (Fsp3) is 0.217. The van der Waals surface area contributed by atoms with Gasteiger partial charge in [0.15, 0.2) is 0 Å². The van der Waals surface area contributed by atoms with Gasteiger partial charge in [-0.2, -0.15) is 0 Å². The van der Waals surface area contributed by atoms with Gasteiger partial charge in [-0.25, -0.2) is 4.98 Å². The van der Waals surface area contributed by atoms with E-state index in [9.17, 15) is 14.4 Å². The molecule has 158 valence electrons. The summed E-state index contributed by atoms with van der Waals surface area (Å²) in [6.45, 7) is 0.556. The maximum absolute atomic E-state index is 13.0. The van der Waals surface area contributed by atoms with Crippen molar-refractivity contribution in [2.45, 2.75) is 25.8 Å². The zero-order valence-electron chi connectivity index (χ0n) is 16.9. The number of carboxylic acids is 1. The summed E-state index contributed by atoms with van der Waals surface area (Å²) in [5, 5.41) is 11.8. The minimum atomic E-state index is -1.03. The second-order valence-electron chi connectivity index (χ2n) is 7.26. The summed E-state index contributed by atoms with van der Waals surface area (Å²) in [7, 11) is 1.61. The number of hydrogen-bond donors (Lipinski definition) is 2. The van der Waals surface area contributed by atoms with Gasteiger partial charge in [-0.3, -0.25) is 19.0 Å². The predicted octanol–water partition coefficient (Wildman–Crippen LogP) is 3.15. The molecule has 0 fully saturated rings. The number of carbonyl (C=O) groups excluding carboxylic acids is 1. The maximum Gasteiger partial charge on any atom is 0.303 e. The van der Waals surface area contributed by atoms with Crippen molar-refractivity contribution in [2.75, 3.05) is 12.4 Å². The van der Waals surface area contributed by atoms with Gasteiger partial charge in [0.25, 0.3) is 5.56 Å². The smallest absolute Gasteiger partial charge is 0.303 e. The lowest BCUT2D eigenvalue weighted by atomic mass is 10.1. The van der Waals surface area contributed by atoms with Gasteiger partial charge in [0, 0.05) is 18.7 Å². The van der Waals surface area contributed by atoms with Crippen LogP contribution in [0.3, 0.4) is 0 Å². The van der Waals surface area contributed by atoms with Gasteiger partial charge in [0.1, 0.15) is 11.6 Å². The Kier molecular flexibility index (Phi) is 5.53. The lowest BCUT2D eigenvalue weighted by Crippen LogP contribution is -2.21. The second-order valence-corrected chi connectivity index (χ2v) is 7.26. The second kappa shape index (κ2) is 8.43. The van der Waals surface area contributed by atoms with Crippen molar-refractivity contribution in [1.29, 1.82) is 0 Å². The van der Waals surface area contributed by atoms with Crippen LogP contribution in [0.5, 0.6) is 5.75 Å². The van der Waals surface area contributed by atoms with Crippen LogP contribution in [0.2, 0.25) is 0 Å². The molecule has 1 aliphatic heterocycles. The van der Waals surface area contributed by atoms with Crippen LogP contribution in [0.1, 0.15) is 30.7 Å². The van der Waals surface area contributed by atoms with E-state index in [-0.39, 0.29) is 18.4 Å². The summed E-state index contributed by atoms with van der Waals surface area (Å²) in [4.78, 5) is 40.2.